The lowest BCUT2D eigenvalue weighted by molar-refractivity contribution is 0.112. The van der Waals surface area contributed by atoms with Gasteiger partial charge in [0.2, 0.25) is 0 Å². The maximum Gasteiger partial charge on any atom is 0.151 e. The lowest BCUT2D eigenvalue weighted by Crippen LogP contribution is -1.90. The van der Waals surface area contributed by atoms with Crippen LogP contribution >= 0.6 is 41.9 Å². The summed E-state index contributed by atoms with van der Waals surface area (Å²) in [6, 6.07) is 3.75. The molecule has 1 aromatic heterocycles. The maximum absolute atomic E-state index is 11.0. The van der Waals surface area contributed by atoms with Crippen molar-refractivity contribution in [2.24, 2.45) is 0 Å². The molecule has 0 spiro atoms. The second-order valence-corrected chi connectivity index (χ2v) is 5.30. The van der Waals surface area contributed by atoms with Crippen LogP contribution in [0.5, 0.6) is 0 Å². The standard InChI is InChI=1S/C10H7ClINOS/c1-6-4-9(11)10-7(8(6)5-14)2-3-13(10)15-12/h2-5H,1H3. The van der Waals surface area contributed by atoms with Gasteiger partial charge in [0.15, 0.2) is 6.29 Å². The van der Waals surface area contributed by atoms with Crippen LogP contribution in [0.1, 0.15) is 15.9 Å². The highest BCUT2D eigenvalue weighted by Crippen LogP contribution is 2.33. The summed E-state index contributed by atoms with van der Waals surface area (Å²) in [5.74, 6) is 0. The van der Waals surface area contributed by atoms with Crippen LogP contribution in [0.25, 0.3) is 10.9 Å². The molecule has 0 unspecified atom stereocenters. The van der Waals surface area contributed by atoms with Gasteiger partial charge in [0, 0.05) is 47.5 Å². The molecule has 1 heterocycles. The number of aryl methyl sites for hydroxylation is 1. The smallest absolute Gasteiger partial charge is 0.151 e. The van der Waals surface area contributed by atoms with Gasteiger partial charge in [-0.2, -0.15) is 0 Å². The minimum Gasteiger partial charge on any atom is -0.298 e. The van der Waals surface area contributed by atoms with E-state index < -0.39 is 0 Å². The van der Waals surface area contributed by atoms with Crippen molar-refractivity contribution in [1.29, 1.82) is 0 Å². The first-order chi connectivity index (χ1) is 7.19. The van der Waals surface area contributed by atoms with Crippen molar-refractivity contribution in [3.63, 3.8) is 0 Å². The van der Waals surface area contributed by atoms with E-state index in [2.05, 4.69) is 21.2 Å². The fourth-order valence-corrected chi connectivity index (χ4v) is 3.39. The Kier molecular flexibility index (Phi) is 3.27. The molecule has 0 aliphatic rings. The van der Waals surface area contributed by atoms with Gasteiger partial charge in [-0.15, -0.1) is 0 Å². The molecule has 1 aromatic carbocycles. The molecule has 0 saturated carbocycles. The third-order valence-corrected chi connectivity index (χ3v) is 4.34. The predicted octanol–water partition coefficient (Wildman–Crippen LogP) is 4.26. The molecule has 2 rings (SSSR count). The Morgan fingerprint density at radius 3 is 2.93 bits per heavy atom. The van der Waals surface area contributed by atoms with Crippen LogP contribution in [0.15, 0.2) is 18.3 Å². The quantitative estimate of drug-likeness (QED) is 0.596. The number of aromatic nitrogens is 1. The van der Waals surface area contributed by atoms with E-state index in [1.54, 1.807) is 0 Å². The molecule has 0 amide bonds. The first-order valence-corrected chi connectivity index (χ1v) is 7.93. The molecule has 2 nitrogen and oxygen atoms in total. The molecular weight excluding hydrogens is 345 g/mol. The molecule has 0 saturated heterocycles. The summed E-state index contributed by atoms with van der Waals surface area (Å²) in [6.07, 6.45) is 2.80. The van der Waals surface area contributed by atoms with E-state index in [0.717, 1.165) is 28.3 Å². The molecular formula is C10H7ClINOS. The Balaban J connectivity index is 2.92. The fraction of sp³-hybridized carbons (Fsp3) is 0.100. The number of rotatable bonds is 2. The minimum atomic E-state index is 0.683. The third-order valence-electron chi connectivity index (χ3n) is 2.33. The number of aldehydes is 1. The van der Waals surface area contributed by atoms with E-state index in [9.17, 15) is 4.79 Å². The van der Waals surface area contributed by atoms with Gasteiger partial charge in [-0.3, -0.25) is 8.77 Å². The van der Waals surface area contributed by atoms with Crippen molar-refractivity contribution in [3.05, 3.63) is 34.5 Å². The fourth-order valence-electron chi connectivity index (χ4n) is 1.63. The molecule has 15 heavy (non-hydrogen) atoms. The Morgan fingerprint density at radius 1 is 1.60 bits per heavy atom. The van der Waals surface area contributed by atoms with Crippen molar-refractivity contribution in [2.45, 2.75) is 6.92 Å². The van der Waals surface area contributed by atoms with Gasteiger partial charge >= 0.3 is 0 Å². The largest absolute Gasteiger partial charge is 0.298 e. The van der Waals surface area contributed by atoms with Crippen LogP contribution < -0.4 is 0 Å². The van der Waals surface area contributed by atoms with Crippen molar-refractivity contribution in [1.82, 2.24) is 3.97 Å². The molecule has 0 bridgehead atoms. The van der Waals surface area contributed by atoms with E-state index in [-0.39, 0.29) is 0 Å². The number of benzene rings is 1. The Bertz CT molecular complexity index is 538. The molecule has 0 aliphatic carbocycles. The number of carbonyl (C=O) groups is 1. The predicted molar refractivity (Wildman–Crippen MR) is 74.1 cm³/mol. The van der Waals surface area contributed by atoms with Crippen molar-refractivity contribution < 1.29 is 4.79 Å². The zero-order chi connectivity index (χ0) is 11.0. The number of halogens is 2. The van der Waals surface area contributed by atoms with Gasteiger partial charge in [0.25, 0.3) is 0 Å². The molecule has 78 valence electrons. The first-order valence-electron chi connectivity index (χ1n) is 4.23. The van der Waals surface area contributed by atoms with E-state index >= 15 is 0 Å². The zero-order valence-corrected chi connectivity index (χ0v) is 11.6. The van der Waals surface area contributed by atoms with Gasteiger partial charge in [-0.1, -0.05) is 11.6 Å². The van der Waals surface area contributed by atoms with Crippen molar-refractivity contribution in [3.8, 4) is 0 Å². The number of fused-ring (bicyclic) bond motifs is 1. The van der Waals surface area contributed by atoms with Crippen LogP contribution in [0.4, 0.5) is 0 Å². The van der Waals surface area contributed by atoms with Crippen LogP contribution in [0, 0.1) is 6.92 Å². The van der Waals surface area contributed by atoms with Gasteiger partial charge in [0.1, 0.15) is 0 Å². The van der Waals surface area contributed by atoms with Crippen LogP contribution in [0.2, 0.25) is 5.02 Å². The van der Waals surface area contributed by atoms with E-state index in [1.807, 2.05) is 29.2 Å². The van der Waals surface area contributed by atoms with Gasteiger partial charge < -0.3 is 0 Å². The van der Waals surface area contributed by atoms with Crippen LogP contribution in [0.3, 0.4) is 0 Å². The molecule has 2 aromatic rings. The highest BCUT2D eigenvalue weighted by Gasteiger charge is 2.11. The number of carbonyl (C=O) groups excluding carboxylic acids is 1. The monoisotopic (exact) mass is 351 g/mol. The maximum atomic E-state index is 11.0. The Labute approximate surface area is 109 Å². The zero-order valence-electron chi connectivity index (χ0n) is 7.83. The number of hydrogen-bond acceptors (Lipinski definition) is 2. The van der Waals surface area contributed by atoms with E-state index in [0.29, 0.717) is 5.02 Å². The van der Waals surface area contributed by atoms with E-state index in [1.165, 1.54) is 9.12 Å². The summed E-state index contributed by atoms with van der Waals surface area (Å²) in [5.41, 5.74) is 2.54. The lowest BCUT2D eigenvalue weighted by atomic mass is 10.1. The molecule has 0 radical (unpaired) electrons. The lowest BCUT2D eigenvalue weighted by Gasteiger charge is -2.05. The topological polar surface area (TPSA) is 22.0 Å². The van der Waals surface area contributed by atoms with Crippen molar-refractivity contribution >= 4 is 59.1 Å². The number of hydrogen-bond donors (Lipinski definition) is 0. The second-order valence-electron chi connectivity index (χ2n) is 3.18. The van der Waals surface area contributed by atoms with Gasteiger partial charge in [0.05, 0.1) is 10.5 Å². The molecule has 5 heteroatoms. The Hall–Kier alpha value is -0.200. The summed E-state index contributed by atoms with van der Waals surface area (Å²) in [4.78, 5) is 11.0. The van der Waals surface area contributed by atoms with Gasteiger partial charge in [-0.25, -0.2) is 0 Å². The molecule has 0 aliphatic heterocycles. The number of nitrogens with zero attached hydrogens (tertiary/aromatic N) is 1. The minimum absolute atomic E-state index is 0.683. The molecule has 0 N–H and O–H groups in total. The molecule has 0 fully saturated rings. The van der Waals surface area contributed by atoms with Crippen LogP contribution in [-0.4, -0.2) is 10.3 Å². The summed E-state index contributed by atoms with van der Waals surface area (Å²) in [5, 5.41) is 1.60. The second kappa shape index (κ2) is 4.35. The highest BCUT2D eigenvalue weighted by atomic mass is 127. The normalized spacial score (nSPS) is 10.9. The summed E-state index contributed by atoms with van der Waals surface area (Å²) >= 11 is 8.34. The summed E-state index contributed by atoms with van der Waals surface area (Å²) in [6.45, 7) is 1.89. The first kappa shape index (κ1) is 11.3. The SMILES string of the molecule is Cc1cc(Cl)c2c(ccn2SI)c1C=O. The third kappa shape index (κ3) is 1.79. The Morgan fingerprint density at radius 2 is 2.33 bits per heavy atom. The average Bonchev–Trinajstić information content (AvgIpc) is 2.62. The summed E-state index contributed by atoms with van der Waals surface area (Å²) in [7, 11) is 1.53. The average molecular weight is 352 g/mol. The highest BCUT2D eigenvalue weighted by molar-refractivity contribution is 14.2. The molecule has 0 atom stereocenters. The van der Waals surface area contributed by atoms with Crippen LogP contribution in [-0.2, 0) is 0 Å². The summed E-state index contributed by atoms with van der Waals surface area (Å²) < 4.78 is 1.95. The van der Waals surface area contributed by atoms with Gasteiger partial charge in [-0.05, 0) is 24.6 Å². The van der Waals surface area contributed by atoms with Crippen molar-refractivity contribution in [2.75, 3.05) is 0 Å². The van der Waals surface area contributed by atoms with E-state index in [4.69, 9.17) is 11.6 Å².